The fourth-order valence-corrected chi connectivity index (χ4v) is 1.61. The van der Waals surface area contributed by atoms with Crippen LogP contribution in [0.4, 0.5) is 0 Å². The molecule has 1 aromatic heterocycles. The highest BCUT2D eigenvalue weighted by atomic mass is 16.5. The molecule has 3 nitrogen and oxygen atoms in total. The molecule has 1 aromatic carbocycles. The van der Waals surface area contributed by atoms with E-state index in [0.29, 0.717) is 17.4 Å². The Labute approximate surface area is 106 Å². The van der Waals surface area contributed by atoms with Gasteiger partial charge in [-0.2, -0.15) is 0 Å². The van der Waals surface area contributed by atoms with Gasteiger partial charge in [0, 0.05) is 0 Å². The molecule has 0 radical (unpaired) electrons. The van der Waals surface area contributed by atoms with Crippen molar-refractivity contribution in [3.8, 4) is 5.75 Å². The molecule has 0 atom stereocenters. The lowest BCUT2D eigenvalue weighted by Crippen LogP contribution is -2.03. The van der Waals surface area contributed by atoms with Crippen molar-refractivity contribution in [1.29, 1.82) is 0 Å². The molecule has 2 aromatic rings. The van der Waals surface area contributed by atoms with Crippen LogP contribution in [-0.2, 0) is 6.61 Å². The quantitative estimate of drug-likeness (QED) is 0.828. The maximum absolute atomic E-state index is 11.8. The average molecular weight is 244 g/mol. The average Bonchev–Trinajstić information content (AvgIpc) is 2.78. The van der Waals surface area contributed by atoms with Gasteiger partial charge in [-0.15, -0.1) is 0 Å². The summed E-state index contributed by atoms with van der Waals surface area (Å²) < 4.78 is 10.6. The van der Waals surface area contributed by atoms with Crippen LogP contribution in [0.2, 0.25) is 0 Å². The number of hydrogen-bond acceptors (Lipinski definition) is 3. The maximum atomic E-state index is 11.8. The summed E-state index contributed by atoms with van der Waals surface area (Å²) in [5.41, 5.74) is 0.994. The van der Waals surface area contributed by atoms with Gasteiger partial charge in [0.05, 0.1) is 6.26 Å². The van der Waals surface area contributed by atoms with Crippen LogP contribution < -0.4 is 10.2 Å². The molecule has 3 heteroatoms. The number of furan rings is 1. The summed E-state index contributed by atoms with van der Waals surface area (Å²) in [4.78, 5) is 11.8. The van der Waals surface area contributed by atoms with Gasteiger partial charge in [0.2, 0.25) is 5.43 Å². The molecule has 0 unspecified atom stereocenters. The van der Waals surface area contributed by atoms with Crippen molar-refractivity contribution in [2.75, 3.05) is 0 Å². The minimum atomic E-state index is -0.117. The zero-order valence-corrected chi connectivity index (χ0v) is 10.6. The van der Waals surface area contributed by atoms with Crippen LogP contribution in [0, 0.1) is 0 Å². The van der Waals surface area contributed by atoms with Gasteiger partial charge < -0.3 is 9.15 Å². The lowest BCUT2D eigenvalue weighted by Gasteiger charge is -2.01. The van der Waals surface area contributed by atoms with Gasteiger partial charge in [-0.1, -0.05) is 26.0 Å². The molecule has 2 rings (SSSR count). The first-order valence-corrected chi connectivity index (χ1v) is 5.96. The Hall–Kier alpha value is -2.03. The molecular weight excluding hydrogens is 228 g/mol. The fourth-order valence-electron chi connectivity index (χ4n) is 1.61. The van der Waals surface area contributed by atoms with Gasteiger partial charge in [0.15, 0.2) is 5.75 Å². The Morgan fingerprint density at radius 3 is 2.61 bits per heavy atom. The summed E-state index contributed by atoms with van der Waals surface area (Å²) in [6, 6.07) is 10.6. The molecule has 0 bridgehead atoms. The Morgan fingerprint density at radius 1 is 1.17 bits per heavy atom. The highest BCUT2D eigenvalue weighted by molar-refractivity contribution is 5.26. The highest BCUT2D eigenvalue weighted by Crippen LogP contribution is 2.14. The van der Waals surface area contributed by atoms with Crippen molar-refractivity contribution in [3.63, 3.8) is 0 Å². The molecule has 0 saturated carbocycles. The molecule has 0 N–H and O–H groups in total. The maximum Gasteiger partial charge on any atom is 0.220 e. The van der Waals surface area contributed by atoms with Crippen molar-refractivity contribution in [1.82, 2.24) is 0 Å². The van der Waals surface area contributed by atoms with Crippen LogP contribution in [0.25, 0.3) is 0 Å². The third-order valence-electron chi connectivity index (χ3n) is 2.71. The Kier molecular flexibility index (Phi) is 3.82. The van der Waals surface area contributed by atoms with Crippen molar-refractivity contribution in [3.05, 3.63) is 64.2 Å². The van der Waals surface area contributed by atoms with E-state index >= 15 is 0 Å². The second-order valence-corrected chi connectivity index (χ2v) is 4.42. The molecule has 0 saturated heterocycles. The highest BCUT2D eigenvalue weighted by Gasteiger charge is 2.03. The van der Waals surface area contributed by atoms with E-state index in [0.717, 1.165) is 5.56 Å². The summed E-state index contributed by atoms with van der Waals surface area (Å²) in [5.74, 6) is 1.43. The van der Waals surface area contributed by atoms with Gasteiger partial charge in [-0.3, -0.25) is 4.79 Å². The topological polar surface area (TPSA) is 39.4 Å². The van der Waals surface area contributed by atoms with Gasteiger partial charge in [0.1, 0.15) is 12.4 Å². The van der Waals surface area contributed by atoms with Crippen LogP contribution in [0.5, 0.6) is 5.75 Å². The standard InChI is InChI=1S/C15H16O3/c1-11(2)12-5-7-14(16)15(8-6-12)18-10-13-4-3-9-17-13/h3-9,11H,10H2,1-2H3. The minimum absolute atomic E-state index is 0.117. The summed E-state index contributed by atoms with van der Waals surface area (Å²) in [5, 5.41) is 0. The zero-order chi connectivity index (χ0) is 13.0. The first kappa shape index (κ1) is 12.4. The van der Waals surface area contributed by atoms with Crippen molar-refractivity contribution in [2.45, 2.75) is 26.4 Å². The first-order chi connectivity index (χ1) is 8.66. The third kappa shape index (κ3) is 3.00. The SMILES string of the molecule is CC(C)c1ccc(OCc2ccco2)c(=O)cc1. The van der Waals surface area contributed by atoms with E-state index in [4.69, 9.17) is 9.15 Å². The van der Waals surface area contributed by atoms with Gasteiger partial charge in [0.25, 0.3) is 0 Å². The number of hydrogen-bond donors (Lipinski definition) is 0. The molecule has 0 aliphatic rings. The second-order valence-electron chi connectivity index (χ2n) is 4.42. The first-order valence-electron chi connectivity index (χ1n) is 5.96. The monoisotopic (exact) mass is 244 g/mol. The van der Waals surface area contributed by atoms with E-state index in [-0.39, 0.29) is 12.0 Å². The molecular formula is C15H16O3. The lowest BCUT2D eigenvalue weighted by molar-refractivity contribution is 0.268. The van der Waals surface area contributed by atoms with E-state index in [9.17, 15) is 4.79 Å². The molecule has 0 aliphatic heterocycles. The summed E-state index contributed by atoms with van der Waals surface area (Å²) in [6.07, 6.45) is 1.58. The van der Waals surface area contributed by atoms with Crippen LogP contribution in [0.15, 0.2) is 51.9 Å². The lowest BCUT2D eigenvalue weighted by atomic mass is 10.1. The normalized spacial score (nSPS) is 10.6. The van der Waals surface area contributed by atoms with Crippen LogP contribution in [0.3, 0.4) is 0 Å². The molecule has 0 amide bonds. The van der Waals surface area contributed by atoms with Crippen molar-refractivity contribution < 1.29 is 9.15 Å². The summed E-state index contributed by atoms with van der Waals surface area (Å²) in [6.45, 7) is 4.44. The van der Waals surface area contributed by atoms with Gasteiger partial charge >= 0.3 is 0 Å². The van der Waals surface area contributed by atoms with E-state index in [2.05, 4.69) is 13.8 Å². The van der Waals surface area contributed by atoms with Gasteiger partial charge in [-0.05, 0) is 35.7 Å². The van der Waals surface area contributed by atoms with E-state index in [1.165, 1.54) is 0 Å². The van der Waals surface area contributed by atoms with E-state index in [1.807, 2.05) is 18.2 Å². The smallest absolute Gasteiger partial charge is 0.220 e. The molecule has 1 heterocycles. The van der Waals surface area contributed by atoms with Crippen LogP contribution >= 0.6 is 0 Å². The predicted octanol–water partition coefficient (Wildman–Crippen LogP) is 3.34. The summed E-state index contributed by atoms with van der Waals surface area (Å²) in [7, 11) is 0. The minimum Gasteiger partial charge on any atom is -0.482 e. The van der Waals surface area contributed by atoms with Crippen LogP contribution in [0.1, 0.15) is 31.1 Å². The third-order valence-corrected chi connectivity index (χ3v) is 2.71. The molecule has 0 spiro atoms. The van der Waals surface area contributed by atoms with Crippen molar-refractivity contribution in [2.24, 2.45) is 0 Å². The van der Waals surface area contributed by atoms with E-state index in [1.54, 1.807) is 24.5 Å². The predicted molar refractivity (Wildman–Crippen MR) is 69.8 cm³/mol. The Balaban J connectivity index is 2.18. The van der Waals surface area contributed by atoms with Crippen molar-refractivity contribution >= 4 is 0 Å². The zero-order valence-electron chi connectivity index (χ0n) is 10.6. The van der Waals surface area contributed by atoms with Crippen LogP contribution in [-0.4, -0.2) is 0 Å². The fraction of sp³-hybridized carbons (Fsp3) is 0.267. The van der Waals surface area contributed by atoms with Gasteiger partial charge in [-0.25, -0.2) is 0 Å². The number of ether oxygens (including phenoxy) is 1. The Bertz CT molecular complexity index is 556. The largest absolute Gasteiger partial charge is 0.482 e. The molecule has 0 fully saturated rings. The molecule has 94 valence electrons. The summed E-state index contributed by atoms with van der Waals surface area (Å²) >= 11 is 0. The molecule has 0 aliphatic carbocycles. The molecule has 18 heavy (non-hydrogen) atoms. The second kappa shape index (κ2) is 5.54. The number of rotatable bonds is 4. The Morgan fingerprint density at radius 2 is 1.94 bits per heavy atom. The van der Waals surface area contributed by atoms with E-state index < -0.39 is 0 Å².